The number of piperidine rings is 1. The summed E-state index contributed by atoms with van der Waals surface area (Å²) in [6, 6.07) is 6.62. The number of hydrogen-bond donors (Lipinski definition) is 3. The van der Waals surface area contributed by atoms with Gasteiger partial charge in [0, 0.05) is 18.9 Å². The Bertz CT molecular complexity index is 458. The Kier molecular flexibility index (Phi) is 2.99. The van der Waals surface area contributed by atoms with E-state index in [2.05, 4.69) is 5.32 Å². The van der Waals surface area contributed by atoms with E-state index in [0.29, 0.717) is 5.56 Å². The first-order valence-corrected chi connectivity index (χ1v) is 5.37. The Labute approximate surface area is 98.1 Å². The second-order valence-corrected chi connectivity index (χ2v) is 4.12. The van der Waals surface area contributed by atoms with Gasteiger partial charge in [-0.1, -0.05) is 18.2 Å². The van der Waals surface area contributed by atoms with Crippen LogP contribution in [0, 0.1) is 5.92 Å². The number of carbonyl (C=O) groups excluding carboxylic acids is 1. The van der Waals surface area contributed by atoms with Crippen molar-refractivity contribution in [2.45, 2.75) is 12.3 Å². The lowest BCUT2D eigenvalue weighted by molar-refractivity contribution is -0.146. The van der Waals surface area contributed by atoms with Crippen LogP contribution in [0.15, 0.2) is 24.3 Å². The molecule has 5 nitrogen and oxygen atoms in total. The van der Waals surface area contributed by atoms with Crippen LogP contribution in [0.5, 0.6) is 5.75 Å². The van der Waals surface area contributed by atoms with Gasteiger partial charge in [0.15, 0.2) is 0 Å². The number of para-hydroxylation sites is 1. The lowest BCUT2D eigenvalue weighted by atomic mass is 9.81. The zero-order chi connectivity index (χ0) is 12.4. The molecule has 1 aliphatic heterocycles. The number of aromatic hydroxyl groups is 1. The van der Waals surface area contributed by atoms with Crippen LogP contribution in [-0.4, -0.2) is 28.6 Å². The highest BCUT2D eigenvalue weighted by Crippen LogP contribution is 2.34. The zero-order valence-electron chi connectivity index (χ0n) is 9.09. The van der Waals surface area contributed by atoms with Gasteiger partial charge in [-0.05, 0) is 11.6 Å². The Morgan fingerprint density at radius 1 is 1.35 bits per heavy atom. The van der Waals surface area contributed by atoms with E-state index in [-0.39, 0.29) is 30.5 Å². The van der Waals surface area contributed by atoms with Crippen molar-refractivity contribution in [1.82, 2.24) is 5.32 Å². The van der Waals surface area contributed by atoms with Crippen LogP contribution < -0.4 is 5.32 Å². The second-order valence-electron chi connectivity index (χ2n) is 4.12. The summed E-state index contributed by atoms with van der Waals surface area (Å²) in [6.07, 6.45) is -0.0473. The molecule has 0 spiro atoms. The summed E-state index contributed by atoms with van der Waals surface area (Å²) in [5, 5.41) is 21.5. The van der Waals surface area contributed by atoms with Crippen molar-refractivity contribution >= 4 is 11.9 Å². The molecular formula is C12H13NO4. The number of benzene rings is 1. The van der Waals surface area contributed by atoms with Crippen LogP contribution in [0.2, 0.25) is 0 Å². The van der Waals surface area contributed by atoms with Crippen LogP contribution in [0.25, 0.3) is 0 Å². The van der Waals surface area contributed by atoms with E-state index >= 15 is 0 Å². The number of nitrogens with one attached hydrogen (secondary N) is 1. The maximum atomic E-state index is 11.2. The molecule has 1 aromatic carbocycles. The highest BCUT2D eigenvalue weighted by atomic mass is 16.4. The first kappa shape index (κ1) is 11.4. The van der Waals surface area contributed by atoms with Crippen LogP contribution >= 0.6 is 0 Å². The van der Waals surface area contributed by atoms with Gasteiger partial charge in [-0.3, -0.25) is 9.59 Å². The van der Waals surface area contributed by atoms with Gasteiger partial charge in [-0.15, -0.1) is 0 Å². The van der Waals surface area contributed by atoms with Crippen LogP contribution in [0.1, 0.15) is 17.9 Å². The third kappa shape index (κ3) is 2.22. The van der Waals surface area contributed by atoms with Gasteiger partial charge in [-0.25, -0.2) is 0 Å². The molecule has 2 rings (SSSR count). The molecule has 1 heterocycles. The number of carboxylic acid groups (broad SMARTS) is 1. The summed E-state index contributed by atoms with van der Waals surface area (Å²) < 4.78 is 0. The van der Waals surface area contributed by atoms with Crippen molar-refractivity contribution < 1.29 is 19.8 Å². The number of aliphatic carboxylic acids is 1. The molecule has 2 atom stereocenters. The molecule has 0 aromatic heterocycles. The lowest BCUT2D eigenvalue weighted by Gasteiger charge is -2.29. The van der Waals surface area contributed by atoms with Crippen LogP contribution in [0.4, 0.5) is 0 Å². The number of rotatable bonds is 2. The molecule has 0 saturated carbocycles. The van der Waals surface area contributed by atoms with E-state index in [1.807, 2.05) is 0 Å². The maximum absolute atomic E-state index is 11.2. The Morgan fingerprint density at radius 2 is 2.06 bits per heavy atom. The molecule has 1 saturated heterocycles. The molecule has 5 heteroatoms. The molecule has 0 aliphatic carbocycles. The highest BCUT2D eigenvalue weighted by Gasteiger charge is 2.36. The topological polar surface area (TPSA) is 86.6 Å². The minimum Gasteiger partial charge on any atom is -0.508 e. The molecule has 1 aromatic rings. The standard InChI is InChI=1S/C12H13NO4/c14-10-4-2-1-3-7(10)9-6-13-11(15)5-8(9)12(16)17/h1-4,8-9,14H,5-6H2,(H,13,15)(H,16,17). The largest absolute Gasteiger partial charge is 0.508 e. The van der Waals surface area contributed by atoms with E-state index in [1.54, 1.807) is 18.2 Å². The molecule has 0 radical (unpaired) electrons. The molecule has 17 heavy (non-hydrogen) atoms. The third-order valence-electron chi connectivity index (χ3n) is 3.06. The Balaban J connectivity index is 2.33. The first-order valence-electron chi connectivity index (χ1n) is 5.37. The molecule has 2 unspecified atom stereocenters. The molecule has 1 amide bonds. The minimum absolute atomic E-state index is 0.0473. The van der Waals surface area contributed by atoms with Crippen molar-refractivity contribution in [2.24, 2.45) is 5.92 Å². The lowest BCUT2D eigenvalue weighted by Crippen LogP contribution is -2.42. The average Bonchev–Trinajstić information content (AvgIpc) is 2.30. The predicted molar refractivity (Wildman–Crippen MR) is 59.6 cm³/mol. The summed E-state index contributed by atoms with van der Waals surface area (Å²) in [7, 11) is 0. The normalized spacial score (nSPS) is 24.1. The summed E-state index contributed by atoms with van der Waals surface area (Å²) >= 11 is 0. The van der Waals surface area contributed by atoms with Crippen molar-refractivity contribution in [3.63, 3.8) is 0 Å². The fourth-order valence-corrected chi connectivity index (χ4v) is 2.17. The monoisotopic (exact) mass is 235 g/mol. The molecular weight excluding hydrogens is 222 g/mol. The highest BCUT2D eigenvalue weighted by molar-refractivity contribution is 5.84. The van der Waals surface area contributed by atoms with Crippen molar-refractivity contribution in [3.8, 4) is 5.75 Å². The smallest absolute Gasteiger partial charge is 0.307 e. The number of amides is 1. The Hall–Kier alpha value is -2.04. The fourth-order valence-electron chi connectivity index (χ4n) is 2.17. The summed E-state index contributed by atoms with van der Waals surface area (Å²) in [6.45, 7) is 0.243. The van der Waals surface area contributed by atoms with Gasteiger partial charge < -0.3 is 15.5 Å². The van der Waals surface area contributed by atoms with Gasteiger partial charge in [0.05, 0.1) is 5.92 Å². The fraction of sp³-hybridized carbons (Fsp3) is 0.333. The van der Waals surface area contributed by atoms with E-state index in [1.165, 1.54) is 6.07 Å². The van der Waals surface area contributed by atoms with E-state index in [0.717, 1.165) is 0 Å². The summed E-state index contributed by atoms with van der Waals surface area (Å²) in [4.78, 5) is 22.3. The van der Waals surface area contributed by atoms with Crippen molar-refractivity contribution in [2.75, 3.05) is 6.54 Å². The number of hydrogen-bond acceptors (Lipinski definition) is 3. The van der Waals surface area contributed by atoms with Gasteiger partial charge in [0.1, 0.15) is 5.75 Å². The SMILES string of the molecule is O=C1CC(C(=O)O)C(c2ccccc2O)CN1. The van der Waals surface area contributed by atoms with E-state index in [4.69, 9.17) is 5.11 Å². The minimum atomic E-state index is -1.01. The molecule has 90 valence electrons. The predicted octanol–water partition coefficient (Wildman–Crippen LogP) is 0.696. The maximum Gasteiger partial charge on any atom is 0.307 e. The average molecular weight is 235 g/mol. The van der Waals surface area contributed by atoms with Gasteiger partial charge in [0.2, 0.25) is 5.91 Å². The van der Waals surface area contributed by atoms with Gasteiger partial charge >= 0.3 is 5.97 Å². The van der Waals surface area contributed by atoms with Crippen molar-refractivity contribution in [3.05, 3.63) is 29.8 Å². The van der Waals surface area contributed by atoms with E-state index < -0.39 is 11.9 Å². The number of phenolic OH excluding ortho intramolecular Hbond substituents is 1. The molecule has 3 N–H and O–H groups in total. The number of phenols is 1. The molecule has 0 bridgehead atoms. The molecule has 1 fully saturated rings. The van der Waals surface area contributed by atoms with Gasteiger partial charge in [0.25, 0.3) is 0 Å². The second kappa shape index (κ2) is 4.45. The Morgan fingerprint density at radius 3 is 2.71 bits per heavy atom. The van der Waals surface area contributed by atoms with Crippen molar-refractivity contribution in [1.29, 1.82) is 0 Å². The number of carboxylic acids is 1. The number of carbonyl (C=O) groups is 2. The summed E-state index contributed by atoms with van der Waals surface area (Å²) in [5.74, 6) is -2.36. The van der Waals surface area contributed by atoms with Gasteiger partial charge in [-0.2, -0.15) is 0 Å². The van der Waals surface area contributed by atoms with E-state index in [9.17, 15) is 14.7 Å². The first-order chi connectivity index (χ1) is 8.09. The quantitative estimate of drug-likeness (QED) is 0.704. The van der Waals surface area contributed by atoms with Crippen LogP contribution in [0.3, 0.4) is 0 Å². The summed E-state index contributed by atoms with van der Waals surface area (Å²) in [5.41, 5.74) is 0.569. The molecule has 1 aliphatic rings. The third-order valence-corrected chi connectivity index (χ3v) is 3.06. The zero-order valence-corrected chi connectivity index (χ0v) is 9.09. The van der Waals surface area contributed by atoms with Crippen LogP contribution in [-0.2, 0) is 9.59 Å².